The predicted molar refractivity (Wildman–Crippen MR) is 302 cm³/mol. The van der Waals surface area contributed by atoms with Gasteiger partial charge in [0.15, 0.2) is 0 Å². The van der Waals surface area contributed by atoms with Gasteiger partial charge in [-0.05, 0) is 57.4 Å². The number of hydroxylamine groups is 2. The van der Waals surface area contributed by atoms with Crippen molar-refractivity contribution in [1.82, 2.24) is 24.9 Å². The number of nitrogens with two attached hydrogens (primary N) is 1. The molecule has 0 fully saturated rings. The number of nitrogens with zero attached hydrogens (tertiary/aromatic N) is 4. The normalized spacial score (nSPS) is 12.3. The first-order valence-electron chi connectivity index (χ1n) is 26.3. The van der Waals surface area contributed by atoms with Crippen LogP contribution in [0.2, 0.25) is 0 Å². The highest BCUT2D eigenvalue weighted by Gasteiger charge is 2.26. The zero-order chi connectivity index (χ0) is 56.6. The van der Waals surface area contributed by atoms with Crippen LogP contribution in [0.3, 0.4) is 0 Å². The van der Waals surface area contributed by atoms with Crippen LogP contribution in [0.1, 0.15) is 52.5 Å². The Bertz CT molecular complexity index is 1770. The summed E-state index contributed by atoms with van der Waals surface area (Å²) in [7, 11) is 5.61. The van der Waals surface area contributed by atoms with Crippen molar-refractivity contribution in [2.24, 2.45) is 22.6 Å². The Kier molecular flexibility index (Phi) is 48.5. The fourth-order valence-electron chi connectivity index (χ4n) is 6.47. The van der Waals surface area contributed by atoms with Crippen molar-refractivity contribution in [1.29, 1.82) is 0 Å². The number of rotatable bonds is 48. The average molecular weight is 1150 g/mol. The van der Waals surface area contributed by atoms with E-state index in [1.165, 1.54) is 20.4 Å². The van der Waals surface area contributed by atoms with Crippen LogP contribution in [-0.4, -0.2) is 243 Å². The fourth-order valence-corrected chi connectivity index (χ4v) is 7.19. The number of nitrogens with one attached hydrogen (secondary N) is 2. The molecule has 1 aliphatic heterocycles. The maximum Gasteiger partial charge on any atom is 0.407 e. The summed E-state index contributed by atoms with van der Waals surface area (Å²) in [5.74, 6) is -0.243. The van der Waals surface area contributed by atoms with Crippen LogP contribution >= 0.6 is 25.4 Å². The van der Waals surface area contributed by atoms with E-state index in [4.69, 9.17) is 62.7 Å². The molecular formula is C52H93N7O17S2. The zero-order valence-electron chi connectivity index (χ0n) is 47.3. The molecule has 0 aliphatic carbocycles. The Hall–Kier alpha value is -4.00. The number of likely N-dealkylation sites (N-methyl/N-ethyl adjacent to an activating group) is 1. The van der Waals surface area contributed by atoms with Gasteiger partial charge in [0.25, 0.3) is 0 Å². The lowest BCUT2D eigenvalue weighted by Crippen LogP contribution is -2.42. The molecule has 1 unspecified atom stereocenters. The molecule has 0 saturated carbocycles. The summed E-state index contributed by atoms with van der Waals surface area (Å²) in [6.07, 6.45) is 4.57. The first kappa shape index (κ1) is 74.0. The lowest BCUT2D eigenvalue weighted by molar-refractivity contribution is -0.171. The lowest BCUT2D eigenvalue weighted by Gasteiger charge is -2.24. The van der Waals surface area contributed by atoms with E-state index in [-0.39, 0.29) is 70.6 Å². The number of hydrogen-bond donors (Lipinski definition) is 3. The Labute approximate surface area is 474 Å². The Balaban J connectivity index is 0.00000275. The average Bonchev–Trinajstić information content (AvgIpc) is 3.54. The molecule has 24 nitrogen and oxygen atoms in total. The van der Waals surface area contributed by atoms with Gasteiger partial charge < -0.3 is 78.2 Å². The number of hydrogen-bond acceptors (Lipinski definition) is 21. The molecule has 0 bridgehead atoms. The maximum atomic E-state index is 12.5. The fraction of sp³-hybridized carbons (Fsp3) is 0.731. The molecule has 0 radical (unpaired) electrons. The minimum atomic E-state index is -0.586. The lowest BCUT2D eigenvalue weighted by atomic mass is 9.92. The van der Waals surface area contributed by atoms with Gasteiger partial charge in [-0.15, -0.1) is 0 Å². The van der Waals surface area contributed by atoms with Gasteiger partial charge in [-0.1, -0.05) is 38.5 Å². The molecule has 0 spiro atoms. The second-order valence-corrected chi connectivity index (χ2v) is 18.8. The number of carbonyl (C=O) groups is 5. The van der Waals surface area contributed by atoms with Gasteiger partial charge in [-0.3, -0.25) is 23.5 Å². The molecule has 78 heavy (non-hydrogen) atoms. The highest BCUT2D eigenvalue weighted by Crippen LogP contribution is 2.31. The molecular weight excluding hydrogens is 1060 g/mol. The molecule has 1 heterocycles. The van der Waals surface area contributed by atoms with Crippen LogP contribution in [0.5, 0.6) is 0 Å². The molecule has 0 saturated heterocycles. The highest BCUT2D eigenvalue weighted by atomic mass is 32.2. The van der Waals surface area contributed by atoms with Crippen molar-refractivity contribution in [2.75, 3.05) is 193 Å². The summed E-state index contributed by atoms with van der Waals surface area (Å²) in [6, 6.07) is 6.30. The first-order valence-corrected chi connectivity index (χ1v) is 27.1. The number of fused-ring (bicyclic) bond motifs is 1. The number of carbonyl (C=O) groups excluding carboxylic acids is 5. The molecule has 1 atom stereocenters. The van der Waals surface area contributed by atoms with Gasteiger partial charge in [0.1, 0.15) is 18.7 Å². The van der Waals surface area contributed by atoms with Gasteiger partial charge in [0.2, 0.25) is 18.2 Å². The van der Waals surface area contributed by atoms with Crippen LogP contribution in [0.15, 0.2) is 33.7 Å². The minimum absolute atomic E-state index is 0. The zero-order valence-corrected chi connectivity index (χ0v) is 49.2. The third-order valence-electron chi connectivity index (χ3n) is 10.2. The Morgan fingerprint density at radius 2 is 1.15 bits per heavy atom. The van der Waals surface area contributed by atoms with E-state index in [9.17, 15) is 24.0 Å². The van der Waals surface area contributed by atoms with E-state index in [0.717, 1.165) is 30.4 Å². The summed E-state index contributed by atoms with van der Waals surface area (Å²) in [5.41, 5.74) is 9.24. The van der Waals surface area contributed by atoms with Crippen LogP contribution in [0, 0.1) is 11.8 Å². The second-order valence-electron chi connectivity index (χ2n) is 17.5. The highest BCUT2D eigenvalue weighted by molar-refractivity contribution is 7.97. The molecule has 4 amide bonds. The van der Waals surface area contributed by atoms with E-state index < -0.39 is 12.0 Å². The SMILES string of the molecule is CC1=Cc2ccc(SN(C)C)cc2N=C(N)C1.CCCN(C=O)OCCNC(=O)OCCOCCOCCOCCOCCOCCOCCOCCOCCOCCOCCNC(=O)CN(C)C(=O)C(CC=O)C(C)C.S. The number of aliphatic imine (C=N–C) groups is 1. The molecule has 26 heteroatoms. The number of ether oxygens (including phenoxy) is 11. The summed E-state index contributed by atoms with van der Waals surface area (Å²) in [4.78, 5) is 69.9. The monoisotopic (exact) mass is 1150 g/mol. The van der Waals surface area contributed by atoms with Crippen LogP contribution < -0.4 is 16.4 Å². The van der Waals surface area contributed by atoms with E-state index in [0.29, 0.717) is 151 Å². The van der Waals surface area contributed by atoms with Crippen molar-refractivity contribution >= 4 is 73.6 Å². The van der Waals surface area contributed by atoms with E-state index in [2.05, 4.69) is 51.1 Å². The quantitative estimate of drug-likeness (QED) is 0.0366. The smallest absolute Gasteiger partial charge is 0.407 e. The van der Waals surface area contributed by atoms with Crippen molar-refractivity contribution < 1.29 is 80.9 Å². The standard InChI is InChI=1S/C39H74N4O17.C13H17N3S.H2S/c1-5-9-43(34-45)60-12-8-41-39(48)59-32-31-58-30-29-57-28-27-56-26-25-55-24-23-54-22-21-53-20-19-52-18-17-51-16-15-50-14-13-49-11-7-40-37(46)33-42(4)38(47)36(6-10-44)35(2)3;1-9-6-10-4-5-11(17-16(2)3)8-12(10)15-13(14)7-9;/h10,34-36H,5-9,11-33H2,1-4H3,(H,40,46)(H,41,48);4-6,8H,7H2,1-3H3,(H2,14,15);1H2. The molecule has 450 valence electrons. The Morgan fingerprint density at radius 3 is 1.59 bits per heavy atom. The number of aldehydes is 1. The molecule has 2 rings (SSSR count). The molecule has 1 aromatic rings. The number of benzene rings is 1. The number of alkyl carbamates (subject to hydrolysis) is 1. The van der Waals surface area contributed by atoms with Crippen molar-refractivity contribution in [3.63, 3.8) is 0 Å². The third kappa shape index (κ3) is 42.0. The summed E-state index contributed by atoms with van der Waals surface area (Å²) >= 11 is 1.68. The second kappa shape index (κ2) is 51.2. The van der Waals surface area contributed by atoms with Crippen LogP contribution in [0.25, 0.3) is 6.08 Å². The Morgan fingerprint density at radius 1 is 0.692 bits per heavy atom. The van der Waals surface area contributed by atoms with Crippen molar-refractivity contribution in [2.45, 2.75) is 51.9 Å². The maximum absolute atomic E-state index is 12.5. The largest absolute Gasteiger partial charge is 0.447 e. The molecule has 1 aliphatic rings. The summed E-state index contributed by atoms with van der Waals surface area (Å²) in [6.45, 7) is 17.3. The van der Waals surface area contributed by atoms with Crippen LogP contribution in [-0.2, 0) is 76.1 Å². The van der Waals surface area contributed by atoms with E-state index in [1.807, 2.05) is 34.9 Å². The topological polar surface area (TPSA) is 268 Å². The van der Waals surface area contributed by atoms with Gasteiger partial charge >= 0.3 is 6.09 Å². The minimum Gasteiger partial charge on any atom is -0.447 e. The van der Waals surface area contributed by atoms with Gasteiger partial charge in [0.05, 0.1) is 151 Å². The molecule has 4 N–H and O–H groups in total. The van der Waals surface area contributed by atoms with Crippen molar-refractivity contribution in [3.8, 4) is 0 Å². The molecule has 0 aromatic heterocycles. The van der Waals surface area contributed by atoms with E-state index >= 15 is 0 Å². The third-order valence-corrected chi connectivity index (χ3v) is 11.0. The number of amides is 4. The van der Waals surface area contributed by atoms with Gasteiger partial charge in [0, 0.05) is 55.9 Å². The summed E-state index contributed by atoms with van der Waals surface area (Å²) < 4.78 is 61.6. The van der Waals surface area contributed by atoms with Gasteiger partial charge in [-0.25, -0.2) is 14.9 Å². The van der Waals surface area contributed by atoms with Gasteiger partial charge in [-0.2, -0.15) is 13.5 Å². The van der Waals surface area contributed by atoms with Crippen LogP contribution in [0.4, 0.5) is 10.5 Å². The van der Waals surface area contributed by atoms with Crippen molar-refractivity contribution in [3.05, 3.63) is 29.3 Å². The number of amidine groups is 1. The molecule has 1 aromatic carbocycles. The predicted octanol–water partition coefficient (Wildman–Crippen LogP) is 3.28. The van der Waals surface area contributed by atoms with E-state index in [1.54, 1.807) is 19.0 Å². The first-order chi connectivity index (χ1) is 37.3. The summed E-state index contributed by atoms with van der Waals surface area (Å²) in [5, 5.41) is 6.42.